The highest BCUT2D eigenvalue weighted by atomic mass is 16.2. The van der Waals surface area contributed by atoms with Crippen molar-refractivity contribution in [3.05, 3.63) is 0 Å². The Labute approximate surface area is 115 Å². The summed E-state index contributed by atoms with van der Waals surface area (Å²) in [5.41, 5.74) is 0. The Hall–Kier alpha value is -1.26. The molecule has 0 radical (unpaired) electrons. The summed E-state index contributed by atoms with van der Waals surface area (Å²) >= 11 is 0. The third kappa shape index (κ3) is 3.85. The molecule has 2 rings (SSSR count). The summed E-state index contributed by atoms with van der Waals surface area (Å²) in [5.74, 6) is 0.719. The molecule has 1 heterocycles. The molecule has 1 aliphatic carbocycles. The number of urea groups is 1. The van der Waals surface area contributed by atoms with Crippen molar-refractivity contribution in [1.82, 2.24) is 15.1 Å². The molecule has 1 N–H and O–H groups in total. The zero-order chi connectivity index (χ0) is 13.8. The van der Waals surface area contributed by atoms with Gasteiger partial charge in [0, 0.05) is 25.7 Å². The number of amides is 3. The van der Waals surface area contributed by atoms with Crippen molar-refractivity contribution in [2.45, 2.75) is 45.6 Å². The normalized spacial score (nSPS) is 22.1. The molecule has 0 bridgehead atoms. The second-order valence-electron chi connectivity index (χ2n) is 5.73. The van der Waals surface area contributed by atoms with E-state index in [9.17, 15) is 9.59 Å². The van der Waals surface area contributed by atoms with E-state index >= 15 is 0 Å². The van der Waals surface area contributed by atoms with Gasteiger partial charge in [-0.05, 0) is 38.5 Å². The van der Waals surface area contributed by atoms with Crippen molar-refractivity contribution >= 4 is 11.9 Å². The fraction of sp³-hybridized carbons (Fsp3) is 0.857. The first-order valence-electron chi connectivity index (χ1n) is 7.45. The molecule has 0 aromatic rings. The van der Waals surface area contributed by atoms with E-state index in [1.165, 1.54) is 12.8 Å². The molecule has 108 valence electrons. The first-order valence-corrected chi connectivity index (χ1v) is 7.45. The second kappa shape index (κ2) is 6.26. The predicted molar refractivity (Wildman–Crippen MR) is 73.8 cm³/mol. The van der Waals surface area contributed by atoms with Crippen LogP contribution in [0.2, 0.25) is 0 Å². The number of hydrogen-bond acceptors (Lipinski definition) is 2. The van der Waals surface area contributed by atoms with Crippen LogP contribution in [0.4, 0.5) is 4.79 Å². The average Bonchev–Trinajstić information content (AvgIpc) is 3.19. The molecule has 1 saturated heterocycles. The van der Waals surface area contributed by atoms with Crippen LogP contribution >= 0.6 is 0 Å². The van der Waals surface area contributed by atoms with Crippen LogP contribution in [0, 0.1) is 5.92 Å². The summed E-state index contributed by atoms with van der Waals surface area (Å²) in [6.45, 7) is 6.60. The Morgan fingerprint density at radius 1 is 1.42 bits per heavy atom. The van der Waals surface area contributed by atoms with Gasteiger partial charge in [0.2, 0.25) is 5.91 Å². The van der Waals surface area contributed by atoms with Crippen LogP contribution in [0.15, 0.2) is 0 Å². The molecular formula is C14H25N3O2. The highest BCUT2D eigenvalue weighted by molar-refractivity contribution is 5.84. The van der Waals surface area contributed by atoms with Crippen LogP contribution in [0.3, 0.4) is 0 Å². The van der Waals surface area contributed by atoms with E-state index < -0.39 is 0 Å². The lowest BCUT2D eigenvalue weighted by Crippen LogP contribution is -2.47. The molecule has 0 spiro atoms. The molecule has 1 saturated carbocycles. The van der Waals surface area contributed by atoms with Crippen LogP contribution in [-0.4, -0.2) is 54.0 Å². The molecule has 19 heavy (non-hydrogen) atoms. The standard InChI is InChI=1S/C14H25N3O2/c1-3-7-16-8-4-9-17(10-13(16)18)14(19)15-11(2)12-5-6-12/h11-12H,3-10H2,1-2H3,(H,15,19)/t11-/m1/s1. The van der Waals surface area contributed by atoms with E-state index in [0.29, 0.717) is 12.5 Å². The van der Waals surface area contributed by atoms with Crippen LogP contribution in [-0.2, 0) is 4.79 Å². The largest absolute Gasteiger partial charge is 0.341 e. The average molecular weight is 267 g/mol. The highest BCUT2D eigenvalue weighted by Gasteiger charge is 2.31. The molecular weight excluding hydrogens is 242 g/mol. The topological polar surface area (TPSA) is 52.6 Å². The molecule has 5 nitrogen and oxygen atoms in total. The van der Waals surface area contributed by atoms with Gasteiger partial charge in [0.25, 0.3) is 0 Å². The predicted octanol–water partition coefficient (Wildman–Crippen LogP) is 1.44. The fourth-order valence-electron chi connectivity index (χ4n) is 2.60. The second-order valence-corrected chi connectivity index (χ2v) is 5.73. The first kappa shape index (κ1) is 14.2. The Kier molecular flexibility index (Phi) is 4.66. The molecule has 0 aromatic carbocycles. The quantitative estimate of drug-likeness (QED) is 0.838. The zero-order valence-corrected chi connectivity index (χ0v) is 12.0. The lowest BCUT2D eigenvalue weighted by molar-refractivity contribution is -0.130. The number of hydrogen-bond donors (Lipinski definition) is 1. The maximum atomic E-state index is 12.1. The van der Waals surface area contributed by atoms with Crippen LogP contribution < -0.4 is 5.32 Å². The van der Waals surface area contributed by atoms with Crippen molar-refractivity contribution in [2.75, 3.05) is 26.2 Å². The van der Waals surface area contributed by atoms with Gasteiger partial charge in [-0.2, -0.15) is 0 Å². The minimum absolute atomic E-state index is 0.0774. The maximum absolute atomic E-state index is 12.1. The summed E-state index contributed by atoms with van der Waals surface area (Å²) in [6.07, 6.45) is 4.27. The van der Waals surface area contributed by atoms with Crippen molar-refractivity contribution in [2.24, 2.45) is 5.92 Å². The number of rotatable bonds is 4. The maximum Gasteiger partial charge on any atom is 0.318 e. The minimum atomic E-state index is -0.0777. The Balaban J connectivity index is 1.85. The first-order chi connectivity index (χ1) is 9.11. The van der Waals surface area contributed by atoms with Gasteiger partial charge in [-0.15, -0.1) is 0 Å². The van der Waals surface area contributed by atoms with Gasteiger partial charge < -0.3 is 15.1 Å². The van der Waals surface area contributed by atoms with Gasteiger partial charge in [-0.25, -0.2) is 4.79 Å². The fourth-order valence-corrected chi connectivity index (χ4v) is 2.60. The number of nitrogens with zero attached hydrogens (tertiary/aromatic N) is 2. The smallest absolute Gasteiger partial charge is 0.318 e. The minimum Gasteiger partial charge on any atom is -0.341 e. The van der Waals surface area contributed by atoms with Crippen molar-refractivity contribution < 1.29 is 9.59 Å². The van der Waals surface area contributed by atoms with Crippen molar-refractivity contribution in [3.8, 4) is 0 Å². The molecule has 0 aromatic heterocycles. The van der Waals surface area contributed by atoms with Crippen LogP contribution in [0.25, 0.3) is 0 Å². The highest BCUT2D eigenvalue weighted by Crippen LogP contribution is 2.32. The van der Waals surface area contributed by atoms with Crippen LogP contribution in [0.5, 0.6) is 0 Å². The zero-order valence-electron chi connectivity index (χ0n) is 12.0. The molecule has 1 atom stereocenters. The number of carbonyl (C=O) groups excluding carboxylic acids is 2. The van der Waals surface area contributed by atoms with Gasteiger partial charge in [0.15, 0.2) is 0 Å². The van der Waals surface area contributed by atoms with Gasteiger partial charge in [-0.1, -0.05) is 6.92 Å². The Morgan fingerprint density at radius 2 is 2.16 bits per heavy atom. The molecule has 2 aliphatic rings. The third-order valence-corrected chi connectivity index (χ3v) is 4.00. The van der Waals surface area contributed by atoms with Crippen LogP contribution in [0.1, 0.15) is 39.5 Å². The molecule has 3 amide bonds. The van der Waals surface area contributed by atoms with E-state index in [0.717, 1.165) is 25.9 Å². The SMILES string of the molecule is CCCN1CCCN(C(=O)N[C@H](C)C2CC2)CC1=O. The summed E-state index contributed by atoms with van der Waals surface area (Å²) in [5, 5.41) is 3.02. The summed E-state index contributed by atoms with van der Waals surface area (Å²) in [4.78, 5) is 27.7. The third-order valence-electron chi connectivity index (χ3n) is 4.00. The van der Waals surface area contributed by atoms with Gasteiger partial charge >= 0.3 is 6.03 Å². The van der Waals surface area contributed by atoms with Gasteiger partial charge in [0.05, 0.1) is 0 Å². The van der Waals surface area contributed by atoms with E-state index in [1.807, 2.05) is 4.90 Å². The van der Waals surface area contributed by atoms with Gasteiger partial charge in [-0.3, -0.25) is 4.79 Å². The lowest BCUT2D eigenvalue weighted by Gasteiger charge is -2.23. The summed E-state index contributed by atoms with van der Waals surface area (Å²) < 4.78 is 0. The number of carbonyl (C=O) groups is 2. The summed E-state index contributed by atoms with van der Waals surface area (Å²) in [6, 6.07) is 0.156. The van der Waals surface area contributed by atoms with E-state index in [-0.39, 0.29) is 24.5 Å². The molecule has 2 fully saturated rings. The monoisotopic (exact) mass is 267 g/mol. The number of nitrogens with one attached hydrogen (secondary N) is 1. The van der Waals surface area contributed by atoms with Crippen molar-refractivity contribution in [1.29, 1.82) is 0 Å². The Morgan fingerprint density at radius 3 is 2.79 bits per heavy atom. The molecule has 5 heteroatoms. The van der Waals surface area contributed by atoms with Crippen molar-refractivity contribution in [3.63, 3.8) is 0 Å². The van der Waals surface area contributed by atoms with E-state index in [1.54, 1.807) is 4.90 Å². The van der Waals surface area contributed by atoms with Gasteiger partial charge in [0.1, 0.15) is 6.54 Å². The van der Waals surface area contributed by atoms with E-state index in [2.05, 4.69) is 19.2 Å². The Bertz CT molecular complexity index is 342. The lowest BCUT2D eigenvalue weighted by atomic mass is 10.2. The van der Waals surface area contributed by atoms with E-state index in [4.69, 9.17) is 0 Å². The molecule has 0 unspecified atom stereocenters. The molecule has 1 aliphatic heterocycles. The summed E-state index contributed by atoms with van der Waals surface area (Å²) in [7, 11) is 0.